The van der Waals surface area contributed by atoms with Gasteiger partial charge in [0.2, 0.25) is 0 Å². The van der Waals surface area contributed by atoms with E-state index in [2.05, 4.69) is 4.98 Å². The molecule has 0 spiro atoms. The molecular formula is C21H21NO7. The summed E-state index contributed by atoms with van der Waals surface area (Å²) in [5, 5.41) is 0. The minimum atomic E-state index is -1.04. The zero-order valence-electron chi connectivity index (χ0n) is 16.5. The molecule has 0 bridgehead atoms. The van der Waals surface area contributed by atoms with Gasteiger partial charge in [0.05, 0.1) is 39.7 Å². The standard InChI is InChI=1S/C21H21NO7/c1-25-14-9-8-12(11-15(14)26-2)18-16(20(23)27-3)17(21(24)28-4)19(29-18)13-7-5-6-10-22-13/h5-11,17,19H,1-4H3/t17-,19+/m1/s1. The van der Waals surface area contributed by atoms with Crippen LogP contribution in [-0.2, 0) is 23.8 Å². The van der Waals surface area contributed by atoms with Crippen LogP contribution < -0.4 is 9.47 Å². The zero-order valence-corrected chi connectivity index (χ0v) is 16.5. The molecule has 0 radical (unpaired) electrons. The molecule has 2 aromatic rings. The molecule has 152 valence electrons. The molecule has 3 rings (SSSR count). The summed E-state index contributed by atoms with van der Waals surface area (Å²) in [7, 11) is 5.51. The van der Waals surface area contributed by atoms with Gasteiger partial charge in [0.1, 0.15) is 11.7 Å². The quantitative estimate of drug-likeness (QED) is 0.684. The van der Waals surface area contributed by atoms with Gasteiger partial charge in [-0.3, -0.25) is 9.78 Å². The third-order valence-corrected chi connectivity index (χ3v) is 4.59. The summed E-state index contributed by atoms with van der Waals surface area (Å²) in [6.07, 6.45) is 0.736. The molecule has 0 saturated carbocycles. The number of pyridine rings is 1. The van der Waals surface area contributed by atoms with E-state index in [1.807, 2.05) is 0 Å². The van der Waals surface area contributed by atoms with E-state index in [1.54, 1.807) is 42.6 Å². The first-order valence-electron chi connectivity index (χ1n) is 8.76. The Kier molecular flexibility index (Phi) is 6.01. The summed E-state index contributed by atoms with van der Waals surface area (Å²) in [6, 6.07) is 10.3. The number of ether oxygens (including phenoxy) is 5. The maximum absolute atomic E-state index is 12.6. The molecule has 0 fully saturated rings. The van der Waals surface area contributed by atoms with E-state index in [-0.39, 0.29) is 11.3 Å². The number of rotatable bonds is 6. The maximum Gasteiger partial charge on any atom is 0.338 e. The number of carbonyl (C=O) groups excluding carboxylic acids is 2. The normalized spacial score (nSPS) is 18.1. The van der Waals surface area contributed by atoms with Crippen LogP contribution in [0.25, 0.3) is 5.76 Å². The van der Waals surface area contributed by atoms with E-state index in [1.165, 1.54) is 28.4 Å². The van der Waals surface area contributed by atoms with Gasteiger partial charge in [0.15, 0.2) is 17.6 Å². The number of benzene rings is 1. The molecule has 1 aliphatic heterocycles. The first kappa shape index (κ1) is 20.2. The molecule has 0 saturated heterocycles. The lowest BCUT2D eigenvalue weighted by Crippen LogP contribution is -2.26. The van der Waals surface area contributed by atoms with Gasteiger partial charge < -0.3 is 23.7 Å². The highest BCUT2D eigenvalue weighted by Gasteiger charge is 2.48. The number of hydrogen-bond acceptors (Lipinski definition) is 8. The molecule has 2 heterocycles. The molecule has 1 aromatic heterocycles. The van der Waals surface area contributed by atoms with Crippen LogP contribution in [0.4, 0.5) is 0 Å². The molecule has 0 N–H and O–H groups in total. The van der Waals surface area contributed by atoms with Crippen LogP contribution in [0.5, 0.6) is 11.5 Å². The average molecular weight is 399 g/mol. The molecule has 0 aliphatic carbocycles. The summed E-state index contributed by atoms with van der Waals surface area (Å²) >= 11 is 0. The largest absolute Gasteiger partial charge is 0.493 e. The van der Waals surface area contributed by atoms with Gasteiger partial charge in [-0.25, -0.2) is 4.79 Å². The van der Waals surface area contributed by atoms with Crippen LogP contribution in [0.15, 0.2) is 48.2 Å². The van der Waals surface area contributed by atoms with Gasteiger partial charge >= 0.3 is 11.9 Å². The number of carbonyl (C=O) groups is 2. The Morgan fingerprint density at radius 2 is 1.72 bits per heavy atom. The second kappa shape index (κ2) is 8.64. The lowest BCUT2D eigenvalue weighted by molar-refractivity contribution is -0.149. The van der Waals surface area contributed by atoms with Crippen LogP contribution >= 0.6 is 0 Å². The van der Waals surface area contributed by atoms with Crippen LogP contribution in [0.3, 0.4) is 0 Å². The highest BCUT2D eigenvalue weighted by molar-refractivity contribution is 6.03. The first-order chi connectivity index (χ1) is 14.0. The van der Waals surface area contributed by atoms with E-state index in [9.17, 15) is 9.59 Å². The van der Waals surface area contributed by atoms with Crippen molar-refractivity contribution in [3.05, 3.63) is 59.4 Å². The van der Waals surface area contributed by atoms with E-state index >= 15 is 0 Å². The summed E-state index contributed by atoms with van der Waals surface area (Å²) in [4.78, 5) is 29.5. The van der Waals surface area contributed by atoms with Crippen molar-refractivity contribution in [3.8, 4) is 11.5 Å². The number of nitrogens with zero attached hydrogens (tertiary/aromatic N) is 1. The van der Waals surface area contributed by atoms with E-state index in [4.69, 9.17) is 23.7 Å². The minimum Gasteiger partial charge on any atom is -0.493 e. The molecule has 29 heavy (non-hydrogen) atoms. The topological polar surface area (TPSA) is 93.2 Å². The van der Waals surface area contributed by atoms with E-state index in [0.717, 1.165) is 0 Å². The molecule has 2 atom stereocenters. The smallest absolute Gasteiger partial charge is 0.338 e. The first-order valence-corrected chi connectivity index (χ1v) is 8.76. The maximum atomic E-state index is 12.6. The van der Waals surface area contributed by atoms with Crippen molar-refractivity contribution in [2.45, 2.75) is 6.10 Å². The van der Waals surface area contributed by atoms with Gasteiger partial charge in [-0.2, -0.15) is 0 Å². The minimum absolute atomic E-state index is 0.0576. The van der Waals surface area contributed by atoms with Crippen molar-refractivity contribution < 1.29 is 33.3 Å². The predicted octanol–water partition coefficient (Wildman–Crippen LogP) is 2.54. The molecule has 8 nitrogen and oxygen atoms in total. The van der Waals surface area contributed by atoms with E-state index in [0.29, 0.717) is 22.8 Å². The van der Waals surface area contributed by atoms with Crippen LogP contribution in [0, 0.1) is 5.92 Å². The summed E-state index contributed by atoms with van der Waals surface area (Å²) < 4.78 is 26.6. The average Bonchev–Trinajstić information content (AvgIpc) is 3.18. The number of hydrogen-bond donors (Lipinski definition) is 0. The number of esters is 2. The Balaban J connectivity index is 2.18. The fourth-order valence-electron chi connectivity index (χ4n) is 3.23. The van der Waals surface area contributed by atoms with Gasteiger partial charge in [-0.1, -0.05) is 6.07 Å². The van der Waals surface area contributed by atoms with Crippen LogP contribution in [0.1, 0.15) is 17.4 Å². The molecule has 0 unspecified atom stereocenters. The lowest BCUT2D eigenvalue weighted by Gasteiger charge is -2.18. The molecular weight excluding hydrogens is 378 g/mol. The van der Waals surface area contributed by atoms with Crippen molar-refractivity contribution in [1.82, 2.24) is 4.98 Å². The summed E-state index contributed by atoms with van der Waals surface area (Å²) in [6.45, 7) is 0. The number of methoxy groups -OCH3 is 4. The molecule has 8 heteroatoms. The Morgan fingerprint density at radius 1 is 0.966 bits per heavy atom. The molecule has 0 amide bonds. The SMILES string of the molecule is COC(=O)C1=C(c2ccc(OC)c(OC)c2)O[C@@H](c2ccccn2)[C@@H]1C(=O)OC. The monoisotopic (exact) mass is 399 g/mol. The second-order valence-corrected chi connectivity index (χ2v) is 6.10. The van der Waals surface area contributed by atoms with Gasteiger partial charge in [0, 0.05) is 11.8 Å². The van der Waals surface area contributed by atoms with Crippen molar-refractivity contribution in [2.24, 2.45) is 5.92 Å². The predicted molar refractivity (Wildman–Crippen MR) is 102 cm³/mol. The van der Waals surface area contributed by atoms with Crippen molar-refractivity contribution in [2.75, 3.05) is 28.4 Å². The second-order valence-electron chi connectivity index (χ2n) is 6.10. The van der Waals surface area contributed by atoms with Gasteiger partial charge in [-0.05, 0) is 30.3 Å². The Morgan fingerprint density at radius 3 is 2.31 bits per heavy atom. The van der Waals surface area contributed by atoms with Crippen LogP contribution in [-0.4, -0.2) is 45.4 Å². The van der Waals surface area contributed by atoms with Crippen molar-refractivity contribution >= 4 is 17.7 Å². The Bertz CT molecular complexity index is 939. The lowest BCUT2D eigenvalue weighted by atomic mass is 9.91. The van der Waals surface area contributed by atoms with Crippen molar-refractivity contribution in [3.63, 3.8) is 0 Å². The van der Waals surface area contributed by atoms with Gasteiger partial charge in [0.25, 0.3) is 0 Å². The van der Waals surface area contributed by atoms with Crippen molar-refractivity contribution in [1.29, 1.82) is 0 Å². The third kappa shape index (κ3) is 3.73. The highest BCUT2D eigenvalue weighted by Crippen LogP contribution is 2.46. The number of aromatic nitrogens is 1. The summed E-state index contributed by atoms with van der Waals surface area (Å²) in [5.74, 6) is -1.20. The Hall–Kier alpha value is -3.55. The fraction of sp³-hybridized carbons (Fsp3) is 0.286. The van der Waals surface area contributed by atoms with E-state index < -0.39 is 24.0 Å². The van der Waals surface area contributed by atoms with Crippen LogP contribution in [0.2, 0.25) is 0 Å². The summed E-state index contributed by atoms with van der Waals surface area (Å²) in [5.41, 5.74) is 1.07. The third-order valence-electron chi connectivity index (χ3n) is 4.59. The highest BCUT2D eigenvalue weighted by atomic mass is 16.5. The molecule has 1 aromatic carbocycles. The molecule has 1 aliphatic rings. The Labute approximate surface area is 168 Å². The zero-order chi connectivity index (χ0) is 21.0. The fourth-order valence-corrected chi connectivity index (χ4v) is 3.23. The van der Waals surface area contributed by atoms with Gasteiger partial charge in [-0.15, -0.1) is 0 Å².